The predicted octanol–water partition coefficient (Wildman–Crippen LogP) is 3.83. The molecule has 1 aromatic heterocycles. The second-order valence-corrected chi connectivity index (χ2v) is 10.5. The van der Waals surface area contributed by atoms with Crippen molar-refractivity contribution in [1.82, 2.24) is 15.2 Å². The van der Waals surface area contributed by atoms with Crippen LogP contribution in [-0.2, 0) is 20.7 Å². The first-order valence-electron chi connectivity index (χ1n) is 12.8. The van der Waals surface area contributed by atoms with E-state index in [9.17, 15) is 9.59 Å². The zero-order valence-corrected chi connectivity index (χ0v) is 22.3. The molecule has 3 aromatic rings. The number of anilines is 1. The molecule has 1 saturated heterocycles. The number of para-hydroxylation sites is 1. The summed E-state index contributed by atoms with van der Waals surface area (Å²) in [6.07, 6.45) is 5.16. The summed E-state index contributed by atoms with van der Waals surface area (Å²) in [6.45, 7) is 4.18. The third-order valence-corrected chi connectivity index (χ3v) is 7.47. The van der Waals surface area contributed by atoms with Crippen LogP contribution >= 0.6 is 11.3 Å². The van der Waals surface area contributed by atoms with E-state index in [4.69, 9.17) is 9.47 Å². The van der Waals surface area contributed by atoms with E-state index in [-0.39, 0.29) is 18.4 Å². The molecule has 2 aliphatic heterocycles. The highest BCUT2D eigenvalue weighted by molar-refractivity contribution is 7.14. The normalized spacial score (nSPS) is 21.3. The van der Waals surface area contributed by atoms with Crippen LogP contribution in [0.3, 0.4) is 0 Å². The SMILES string of the molecule is Cc1ccc(-c2csc(NC(=O)CN3CCOC4(C/C=C/Cc5ccccc5OCCNC4=O)C3)n2)cc1. The number of benzene rings is 2. The summed E-state index contributed by atoms with van der Waals surface area (Å²) >= 11 is 1.40. The number of hydrogen-bond donors (Lipinski definition) is 2. The van der Waals surface area contributed by atoms with Gasteiger partial charge in [-0.2, -0.15) is 0 Å². The van der Waals surface area contributed by atoms with E-state index >= 15 is 0 Å². The van der Waals surface area contributed by atoms with Crippen LogP contribution in [0.25, 0.3) is 11.3 Å². The third-order valence-electron chi connectivity index (χ3n) is 6.71. The Morgan fingerprint density at radius 3 is 2.87 bits per heavy atom. The number of nitrogens with one attached hydrogen (secondary N) is 2. The van der Waals surface area contributed by atoms with Gasteiger partial charge in [0.25, 0.3) is 5.91 Å². The molecule has 1 fully saturated rings. The first-order chi connectivity index (χ1) is 18.5. The molecule has 1 unspecified atom stereocenters. The lowest BCUT2D eigenvalue weighted by atomic mass is 9.94. The largest absolute Gasteiger partial charge is 0.491 e. The number of thiazole rings is 1. The molecule has 5 rings (SSSR count). The average molecular weight is 533 g/mol. The number of rotatable bonds is 4. The molecule has 1 spiro atoms. The van der Waals surface area contributed by atoms with Crippen molar-refractivity contribution in [3.8, 4) is 17.0 Å². The van der Waals surface area contributed by atoms with E-state index in [0.717, 1.165) is 22.6 Å². The number of fused-ring (bicyclic) bond motifs is 1. The quantitative estimate of drug-likeness (QED) is 0.497. The highest BCUT2D eigenvalue weighted by Crippen LogP contribution is 2.27. The highest BCUT2D eigenvalue weighted by atomic mass is 32.1. The smallest absolute Gasteiger partial charge is 0.254 e. The lowest BCUT2D eigenvalue weighted by molar-refractivity contribution is -0.160. The lowest BCUT2D eigenvalue weighted by Gasteiger charge is -2.41. The van der Waals surface area contributed by atoms with E-state index in [2.05, 4.69) is 15.6 Å². The average Bonchev–Trinajstić information content (AvgIpc) is 3.37. The Bertz CT molecular complexity index is 1310. The summed E-state index contributed by atoms with van der Waals surface area (Å²) in [6, 6.07) is 16.1. The number of aryl methyl sites for hydroxylation is 1. The van der Waals surface area contributed by atoms with E-state index in [0.29, 0.717) is 50.8 Å². The fourth-order valence-electron chi connectivity index (χ4n) is 4.68. The summed E-state index contributed by atoms with van der Waals surface area (Å²) in [5.41, 5.74) is 3.07. The molecular weight excluding hydrogens is 500 g/mol. The van der Waals surface area contributed by atoms with Crippen molar-refractivity contribution in [2.75, 3.05) is 44.7 Å². The molecule has 0 aliphatic carbocycles. The molecule has 38 heavy (non-hydrogen) atoms. The van der Waals surface area contributed by atoms with Gasteiger partial charge in [-0.3, -0.25) is 14.5 Å². The molecule has 198 valence electrons. The molecule has 2 amide bonds. The van der Waals surface area contributed by atoms with Gasteiger partial charge in [0.15, 0.2) is 10.7 Å². The van der Waals surface area contributed by atoms with E-state index in [1.54, 1.807) is 0 Å². The van der Waals surface area contributed by atoms with Gasteiger partial charge in [-0.1, -0.05) is 60.2 Å². The molecule has 3 heterocycles. The molecule has 2 aromatic carbocycles. The van der Waals surface area contributed by atoms with Gasteiger partial charge >= 0.3 is 0 Å². The minimum absolute atomic E-state index is 0.151. The molecule has 1 atom stereocenters. The highest BCUT2D eigenvalue weighted by Gasteiger charge is 2.43. The zero-order valence-electron chi connectivity index (χ0n) is 21.4. The van der Waals surface area contributed by atoms with Crippen molar-refractivity contribution in [2.24, 2.45) is 0 Å². The van der Waals surface area contributed by atoms with Crippen LogP contribution in [0.4, 0.5) is 5.13 Å². The number of allylic oxidation sites excluding steroid dienone is 1. The maximum Gasteiger partial charge on any atom is 0.254 e. The Balaban J connectivity index is 1.22. The third kappa shape index (κ3) is 6.30. The molecule has 9 heteroatoms. The lowest BCUT2D eigenvalue weighted by Crippen LogP contribution is -2.60. The van der Waals surface area contributed by atoms with E-state index < -0.39 is 5.60 Å². The Kier molecular flexibility index (Phi) is 8.17. The van der Waals surface area contributed by atoms with Crippen LogP contribution in [0.2, 0.25) is 0 Å². The molecule has 8 nitrogen and oxygen atoms in total. The van der Waals surface area contributed by atoms with Crippen LogP contribution in [0.5, 0.6) is 5.75 Å². The minimum Gasteiger partial charge on any atom is -0.491 e. The monoisotopic (exact) mass is 532 g/mol. The molecule has 2 N–H and O–H groups in total. The Hall–Kier alpha value is -3.53. The van der Waals surface area contributed by atoms with Crippen molar-refractivity contribution in [3.63, 3.8) is 0 Å². The molecule has 0 bridgehead atoms. The molecule has 0 saturated carbocycles. The van der Waals surface area contributed by atoms with Crippen molar-refractivity contribution < 1.29 is 19.1 Å². The number of carbonyl (C=O) groups excluding carboxylic acids is 2. The summed E-state index contributed by atoms with van der Waals surface area (Å²) in [5, 5.41) is 8.38. The fourth-order valence-corrected chi connectivity index (χ4v) is 5.41. The van der Waals surface area contributed by atoms with Crippen molar-refractivity contribution in [3.05, 3.63) is 77.2 Å². The first kappa shape index (κ1) is 26.1. The van der Waals surface area contributed by atoms with Gasteiger partial charge in [0.1, 0.15) is 12.4 Å². The van der Waals surface area contributed by atoms with Crippen LogP contribution in [0, 0.1) is 6.92 Å². The maximum absolute atomic E-state index is 13.3. The predicted molar refractivity (Wildman–Crippen MR) is 148 cm³/mol. The number of carbonyl (C=O) groups is 2. The number of ether oxygens (including phenoxy) is 2. The van der Waals surface area contributed by atoms with Gasteiger partial charge in [-0.25, -0.2) is 4.98 Å². The number of nitrogens with zero attached hydrogens (tertiary/aromatic N) is 2. The number of hydrogen-bond acceptors (Lipinski definition) is 7. The maximum atomic E-state index is 13.3. The van der Waals surface area contributed by atoms with Crippen LogP contribution < -0.4 is 15.4 Å². The Labute approximate surface area is 226 Å². The van der Waals surface area contributed by atoms with Crippen molar-refractivity contribution >= 4 is 28.3 Å². The number of aromatic nitrogens is 1. The van der Waals surface area contributed by atoms with Crippen LogP contribution in [0.1, 0.15) is 17.5 Å². The molecule has 2 aliphatic rings. The summed E-state index contributed by atoms with van der Waals surface area (Å²) in [4.78, 5) is 32.7. The van der Waals surface area contributed by atoms with E-state index in [1.807, 2.05) is 77.9 Å². The van der Waals surface area contributed by atoms with Crippen LogP contribution in [0.15, 0.2) is 66.1 Å². The van der Waals surface area contributed by atoms with Gasteiger partial charge in [0, 0.05) is 30.5 Å². The summed E-state index contributed by atoms with van der Waals surface area (Å²) < 4.78 is 12.0. The summed E-state index contributed by atoms with van der Waals surface area (Å²) in [7, 11) is 0. The van der Waals surface area contributed by atoms with Gasteiger partial charge in [-0.15, -0.1) is 11.3 Å². The second kappa shape index (κ2) is 11.9. The molecule has 0 radical (unpaired) electrons. The number of morpholine rings is 1. The van der Waals surface area contributed by atoms with Gasteiger partial charge in [0.2, 0.25) is 5.91 Å². The summed E-state index contributed by atoms with van der Waals surface area (Å²) in [5.74, 6) is 0.479. The first-order valence-corrected chi connectivity index (χ1v) is 13.7. The Morgan fingerprint density at radius 2 is 2.00 bits per heavy atom. The van der Waals surface area contributed by atoms with Crippen molar-refractivity contribution in [1.29, 1.82) is 0 Å². The van der Waals surface area contributed by atoms with Crippen molar-refractivity contribution in [2.45, 2.75) is 25.4 Å². The zero-order chi connectivity index (χ0) is 26.4. The van der Waals surface area contributed by atoms with Crippen LogP contribution in [-0.4, -0.2) is 66.7 Å². The van der Waals surface area contributed by atoms with Gasteiger partial charge in [-0.05, 0) is 25.0 Å². The van der Waals surface area contributed by atoms with E-state index in [1.165, 1.54) is 16.9 Å². The second-order valence-electron chi connectivity index (χ2n) is 9.60. The molecular formula is C29H32N4O4S. The van der Waals surface area contributed by atoms with Gasteiger partial charge in [0.05, 0.1) is 25.4 Å². The topological polar surface area (TPSA) is 92.8 Å². The standard InChI is InChI=1S/C29H32N4O4S/c1-21-9-11-22(12-10-21)24-19-38-28(31-24)32-26(34)18-33-15-17-37-29(20-33)13-5-4-7-23-6-2-3-8-25(23)36-16-14-30-27(29)35/h2-6,8-12,19H,7,13-18,20H2,1H3,(H,30,35)(H,31,32,34)/b5-4+. The number of amides is 2. The Morgan fingerprint density at radius 1 is 1.16 bits per heavy atom. The minimum atomic E-state index is -1.06. The fraction of sp³-hybridized carbons (Fsp3) is 0.345. The van der Waals surface area contributed by atoms with Gasteiger partial charge < -0.3 is 20.1 Å².